The Morgan fingerprint density at radius 1 is 1.11 bits per heavy atom. The van der Waals surface area contributed by atoms with E-state index in [1.165, 1.54) is 25.3 Å². The van der Waals surface area contributed by atoms with Gasteiger partial charge < -0.3 is 4.74 Å². The van der Waals surface area contributed by atoms with Gasteiger partial charge in [-0.3, -0.25) is 14.9 Å². The van der Waals surface area contributed by atoms with Crippen molar-refractivity contribution in [3.63, 3.8) is 0 Å². The monoisotopic (exact) mass is 496 g/mol. The summed E-state index contributed by atoms with van der Waals surface area (Å²) in [7, 11) is 1.45. The van der Waals surface area contributed by atoms with Crippen LogP contribution in [0, 0.1) is 5.82 Å². The zero-order valence-corrected chi connectivity index (χ0v) is 16.9. The first-order valence-electron chi connectivity index (χ1n) is 7.52. The number of nitrogens with zero attached hydrogens (tertiary/aromatic N) is 1. The van der Waals surface area contributed by atoms with Gasteiger partial charge in [0.15, 0.2) is 0 Å². The fraction of sp³-hybridized carbons (Fsp3) is 0.0556. The molecule has 0 aromatic heterocycles. The Morgan fingerprint density at radius 2 is 1.78 bits per heavy atom. The summed E-state index contributed by atoms with van der Waals surface area (Å²) in [5.74, 6) is -1.76. The van der Waals surface area contributed by atoms with Gasteiger partial charge >= 0.3 is 6.03 Å². The number of amides is 4. The van der Waals surface area contributed by atoms with Gasteiger partial charge in [0.2, 0.25) is 0 Å². The van der Waals surface area contributed by atoms with E-state index in [0.717, 1.165) is 17.0 Å². The normalized spacial score (nSPS) is 15.9. The molecular formula is C18H11Br2FN2O4. The number of carbonyl (C=O) groups is 3. The Morgan fingerprint density at radius 3 is 2.41 bits per heavy atom. The first-order chi connectivity index (χ1) is 12.8. The second kappa shape index (κ2) is 7.61. The van der Waals surface area contributed by atoms with Crippen molar-refractivity contribution in [2.75, 3.05) is 12.0 Å². The molecule has 3 rings (SSSR count). The van der Waals surface area contributed by atoms with Gasteiger partial charge in [-0.05, 0) is 58.4 Å². The van der Waals surface area contributed by atoms with Gasteiger partial charge in [0.25, 0.3) is 11.8 Å². The van der Waals surface area contributed by atoms with Crippen molar-refractivity contribution in [3.05, 3.63) is 62.3 Å². The molecule has 1 saturated heterocycles. The van der Waals surface area contributed by atoms with E-state index in [1.807, 2.05) is 0 Å². The Balaban J connectivity index is 2.09. The molecule has 2 aromatic rings. The number of rotatable bonds is 3. The molecule has 0 spiro atoms. The molecule has 138 valence electrons. The zero-order chi connectivity index (χ0) is 19.7. The standard InChI is InChI=1S/C18H11Br2FN2O4/c1-27-15-9(6-10(19)8-14(15)20)7-13-16(24)22-18(26)23(17(13)25)12-4-2-11(21)3-5-12/h2-8H,1H3,(H,22,24,26)/b13-7-. The van der Waals surface area contributed by atoms with E-state index in [0.29, 0.717) is 20.3 Å². The van der Waals surface area contributed by atoms with Crippen LogP contribution in [-0.4, -0.2) is 25.0 Å². The van der Waals surface area contributed by atoms with Gasteiger partial charge in [0, 0.05) is 10.0 Å². The van der Waals surface area contributed by atoms with Crippen molar-refractivity contribution in [1.29, 1.82) is 0 Å². The molecule has 0 bridgehead atoms. The molecular weight excluding hydrogens is 487 g/mol. The van der Waals surface area contributed by atoms with Crippen molar-refractivity contribution in [2.45, 2.75) is 0 Å². The maximum Gasteiger partial charge on any atom is 0.335 e. The third kappa shape index (κ3) is 3.79. The lowest BCUT2D eigenvalue weighted by Crippen LogP contribution is -2.54. The van der Waals surface area contributed by atoms with Crippen LogP contribution >= 0.6 is 31.9 Å². The van der Waals surface area contributed by atoms with Gasteiger partial charge in [0.1, 0.15) is 17.1 Å². The summed E-state index contributed by atoms with van der Waals surface area (Å²) in [6.45, 7) is 0. The van der Waals surface area contributed by atoms with Crippen molar-refractivity contribution in [1.82, 2.24) is 5.32 Å². The predicted molar refractivity (Wildman–Crippen MR) is 104 cm³/mol. The Bertz CT molecular complexity index is 990. The highest BCUT2D eigenvalue weighted by molar-refractivity contribution is 9.11. The number of urea groups is 1. The second-order valence-corrected chi connectivity index (χ2v) is 7.21. The highest BCUT2D eigenvalue weighted by Gasteiger charge is 2.37. The summed E-state index contributed by atoms with van der Waals surface area (Å²) in [6.07, 6.45) is 1.33. The lowest BCUT2D eigenvalue weighted by molar-refractivity contribution is -0.122. The second-order valence-electron chi connectivity index (χ2n) is 5.44. The Kier molecular flexibility index (Phi) is 5.43. The van der Waals surface area contributed by atoms with Crippen LogP contribution in [0.15, 0.2) is 50.9 Å². The molecule has 2 aromatic carbocycles. The average molecular weight is 498 g/mol. The van der Waals surface area contributed by atoms with Crippen LogP contribution in [0.1, 0.15) is 5.56 Å². The quantitative estimate of drug-likeness (QED) is 0.513. The number of halogens is 3. The molecule has 0 radical (unpaired) electrons. The maximum absolute atomic E-state index is 13.1. The minimum atomic E-state index is -0.906. The number of ether oxygens (including phenoxy) is 1. The zero-order valence-electron chi connectivity index (χ0n) is 13.8. The largest absolute Gasteiger partial charge is 0.495 e. The number of nitrogens with one attached hydrogen (secondary N) is 1. The molecule has 27 heavy (non-hydrogen) atoms. The fourth-order valence-electron chi connectivity index (χ4n) is 2.54. The molecule has 4 amide bonds. The highest BCUT2D eigenvalue weighted by Crippen LogP contribution is 2.34. The van der Waals surface area contributed by atoms with E-state index in [2.05, 4.69) is 37.2 Å². The van der Waals surface area contributed by atoms with E-state index >= 15 is 0 Å². The third-order valence-corrected chi connectivity index (χ3v) is 4.77. The Labute approximate surface area is 170 Å². The topological polar surface area (TPSA) is 75.7 Å². The highest BCUT2D eigenvalue weighted by atomic mass is 79.9. The van der Waals surface area contributed by atoms with Crippen molar-refractivity contribution in [2.24, 2.45) is 0 Å². The van der Waals surface area contributed by atoms with Gasteiger partial charge in [0.05, 0.1) is 17.3 Å². The lowest BCUT2D eigenvalue weighted by atomic mass is 10.1. The van der Waals surface area contributed by atoms with Gasteiger partial charge in [-0.1, -0.05) is 15.9 Å². The summed E-state index contributed by atoms with van der Waals surface area (Å²) >= 11 is 6.68. The van der Waals surface area contributed by atoms with Crippen molar-refractivity contribution in [3.8, 4) is 5.75 Å². The Hall–Kier alpha value is -2.52. The van der Waals surface area contributed by atoms with E-state index in [1.54, 1.807) is 12.1 Å². The number of anilines is 1. The molecule has 0 unspecified atom stereocenters. The van der Waals surface area contributed by atoms with Crippen LogP contribution in [0.25, 0.3) is 6.08 Å². The maximum atomic E-state index is 13.1. The fourth-order valence-corrected chi connectivity index (χ4v) is 3.96. The van der Waals surface area contributed by atoms with Crippen LogP contribution in [0.3, 0.4) is 0 Å². The number of imide groups is 2. The molecule has 1 heterocycles. The number of barbiturate groups is 1. The third-order valence-electron chi connectivity index (χ3n) is 3.73. The SMILES string of the molecule is COc1c(Br)cc(Br)cc1/C=C1/C(=O)NC(=O)N(c2ccc(F)cc2)C1=O. The van der Waals surface area contributed by atoms with Crippen LogP contribution in [0.2, 0.25) is 0 Å². The summed E-state index contributed by atoms with van der Waals surface area (Å²) in [6, 6.07) is 7.28. The number of hydrogen-bond acceptors (Lipinski definition) is 4. The van der Waals surface area contributed by atoms with Crippen LogP contribution in [0.4, 0.5) is 14.9 Å². The van der Waals surface area contributed by atoms with Crippen LogP contribution in [0.5, 0.6) is 5.75 Å². The molecule has 0 saturated carbocycles. The molecule has 6 nitrogen and oxygen atoms in total. The van der Waals surface area contributed by atoms with Crippen molar-refractivity contribution >= 4 is 61.5 Å². The first-order valence-corrected chi connectivity index (χ1v) is 9.10. The number of methoxy groups -OCH3 is 1. The molecule has 9 heteroatoms. The summed E-state index contributed by atoms with van der Waals surface area (Å²) in [5, 5.41) is 2.11. The van der Waals surface area contributed by atoms with Gasteiger partial charge in [-0.25, -0.2) is 14.1 Å². The molecule has 1 fully saturated rings. The van der Waals surface area contributed by atoms with E-state index in [4.69, 9.17) is 4.74 Å². The van der Waals surface area contributed by atoms with E-state index in [9.17, 15) is 18.8 Å². The predicted octanol–water partition coefficient (Wildman–Crippen LogP) is 4.03. The van der Waals surface area contributed by atoms with Crippen LogP contribution in [-0.2, 0) is 9.59 Å². The average Bonchev–Trinajstić information content (AvgIpc) is 2.59. The van der Waals surface area contributed by atoms with Gasteiger partial charge in [-0.15, -0.1) is 0 Å². The molecule has 1 aliphatic heterocycles. The van der Waals surface area contributed by atoms with E-state index < -0.39 is 23.7 Å². The van der Waals surface area contributed by atoms with E-state index in [-0.39, 0.29) is 11.3 Å². The van der Waals surface area contributed by atoms with Gasteiger partial charge in [-0.2, -0.15) is 0 Å². The van der Waals surface area contributed by atoms with Crippen molar-refractivity contribution < 1.29 is 23.5 Å². The minimum absolute atomic E-state index is 0.139. The first kappa shape index (κ1) is 19.2. The smallest absolute Gasteiger partial charge is 0.335 e. The van der Waals surface area contributed by atoms with Crippen LogP contribution < -0.4 is 15.0 Å². The molecule has 0 atom stereocenters. The summed E-state index contributed by atoms with van der Waals surface area (Å²) in [5.41, 5.74) is 0.326. The molecule has 0 aliphatic carbocycles. The number of carbonyl (C=O) groups excluding carboxylic acids is 3. The number of hydrogen-bond donors (Lipinski definition) is 1. The number of benzene rings is 2. The minimum Gasteiger partial charge on any atom is -0.495 e. The summed E-state index contributed by atoms with van der Waals surface area (Å²) in [4.78, 5) is 38.0. The summed E-state index contributed by atoms with van der Waals surface area (Å²) < 4.78 is 19.8. The molecule has 1 aliphatic rings. The lowest BCUT2D eigenvalue weighted by Gasteiger charge is -2.26. The molecule has 1 N–H and O–H groups in total.